The molecular weight excluding hydrogens is 668 g/mol. The predicted molar refractivity (Wildman–Crippen MR) is 184 cm³/mol. The number of β-lactam (4-membered cyclic amide) rings is 1. The smallest absolute Gasteiger partial charge is 0.305 e. The van der Waals surface area contributed by atoms with Crippen molar-refractivity contribution in [2.45, 2.75) is 36.3 Å². The molecule has 5 rings (SSSR count). The van der Waals surface area contributed by atoms with Gasteiger partial charge in [0.15, 0.2) is 6.61 Å². The van der Waals surface area contributed by atoms with Crippen molar-refractivity contribution in [2.24, 2.45) is 0 Å². The van der Waals surface area contributed by atoms with E-state index in [0.717, 1.165) is 11.1 Å². The van der Waals surface area contributed by atoms with Crippen LogP contribution < -0.4 is 20.3 Å². The molecule has 1 aliphatic rings. The van der Waals surface area contributed by atoms with Gasteiger partial charge in [-0.2, -0.15) is 0 Å². The lowest BCUT2D eigenvalue weighted by Crippen LogP contribution is -2.57. The van der Waals surface area contributed by atoms with E-state index in [1.54, 1.807) is 29.2 Å². The number of aliphatic hydroxyl groups excluding tert-OH is 1. The van der Waals surface area contributed by atoms with Crippen LogP contribution in [0.15, 0.2) is 103 Å². The van der Waals surface area contributed by atoms with Crippen molar-refractivity contribution in [3.05, 3.63) is 131 Å². The average Bonchev–Trinajstić information content (AvgIpc) is 3.10. The quantitative estimate of drug-likeness (QED) is 0.124. The number of benzene rings is 4. The normalized spacial score (nSPS) is 16.5. The van der Waals surface area contributed by atoms with E-state index in [1.165, 1.54) is 60.3 Å². The molecule has 0 aromatic heterocycles. The molecule has 0 radical (unpaired) electrons. The topological polar surface area (TPSA) is 145 Å². The first-order valence-electron chi connectivity index (χ1n) is 15.8. The van der Waals surface area contributed by atoms with Gasteiger partial charge in [-0.05, 0) is 71.6 Å². The average molecular weight is 704 g/mol. The van der Waals surface area contributed by atoms with Crippen molar-refractivity contribution in [1.82, 2.24) is 10.6 Å². The molecule has 4 N–H and O–H groups in total. The van der Waals surface area contributed by atoms with Gasteiger partial charge in [0.2, 0.25) is 11.8 Å². The van der Waals surface area contributed by atoms with Crippen LogP contribution in [0.3, 0.4) is 0 Å². The number of carboxylic acids is 1. The lowest BCUT2D eigenvalue weighted by atomic mass is 9.92. The van der Waals surface area contributed by atoms with E-state index >= 15 is 0 Å². The molecule has 1 unspecified atom stereocenters. The van der Waals surface area contributed by atoms with Crippen molar-refractivity contribution >= 4 is 41.1 Å². The maximum absolute atomic E-state index is 13.6. The minimum absolute atomic E-state index is 0.178. The van der Waals surface area contributed by atoms with Crippen molar-refractivity contribution in [1.29, 1.82) is 0 Å². The van der Waals surface area contributed by atoms with E-state index in [4.69, 9.17) is 4.74 Å². The summed E-state index contributed by atoms with van der Waals surface area (Å²) < 4.78 is 32.6. The van der Waals surface area contributed by atoms with Gasteiger partial charge in [0.1, 0.15) is 22.6 Å². The van der Waals surface area contributed by atoms with E-state index in [0.29, 0.717) is 23.4 Å². The zero-order chi connectivity index (χ0) is 35.6. The van der Waals surface area contributed by atoms with Gasteiger partial charge in [-0.3, -0.25) is 19.2 Å². The monoisotopic (exact) mass is 703 g/mol. The molecule has 0 aliphatic carbocycles. The second-order valence-corrected chi connectivity index (χ2v) is 12.8. The summed E-state index contributed by atoms with van der Waals surface area (Å²) in [5.74, 6) is -2.71. The highest BCUT2D eigenvalue weighted by Crippen LogP contribution is 2.46. The number of aliphatic carboxylic acids is 1. The summed E-state index contributed by atoms with van der Waals surface area (Å²) in [6, 6.07) is 25.8. The number of carboxylic acid groups (broad SMARTS) is 1. The number of thioether (sulfide) groups is 1. The van der Waals surface area contributed by atoms with Gasteiger partial charge < -0.3 is 30.5 Å². The standard InChI is InChI=1S/C37H35F2N3O7S/c38-26-10-6-24(7-11-26)31(43)22-50-36-35(42(37(36)48)29-14-12-27(39)13-15-29)25-8-16-30(17-9-25)49-21-33(45)40-20-32(44)41-28(19-34(46)47)18-23-4-2-1-3-5-23/h1-17,28,31,35-36,43H,18-22H2,(H,40,45)(H,41,44)(H,46,47)/t28-,31?,35-,36-/m1/s1. The van der Waals surface area contributed by atoms with Gasteiger partial charge in [0, 0.05) is 17.5 Å². The molecule has 10 nitrogen and oxygen atoms in total. The van der Waals surface area contributed by atoms with Crippen LogP contribution in [0.5, 0.6) is 5.75 Å². The van der Waals surface area contributed by atoms with Crippen LogP contribution >= 0.6 is 11.8 Å². The molecule has 4 atom stereocenters. The lowest BCUT2D eigenvalue weighted by molar-refractivity contribution is -0.138. The molecule has 4 aromatic rings. The molecule has 0 saturated carbocycles. The Bertz CT molecular complexity index is 1780. The van der Waals surface area contributed by atoms with Gasteiger partial charge in [0.05, 0.1) is 25.1 Å². The van der Waals surface area contributed by atoms with Crippen LogP contribution in [0.25, 0.3) is 0 Å². The third-order valence-electron chi connectivity index (χ3n) is 7.99. The summed E-state index contributed by atoms with van der Waals surface area (Å²) in [6.45, 7) is -0.756. The van der Waals surface area contributed by atoms with Crippen LogP contribution in [0.2, 0.25) is 0 Å². The van der Waals surface area contributed by atoms with E-state index in [9.17, 15) is 38.2 Å². The number of aliphatic hydroxyl groups is 1. The number of carbonyl (C=O) groups excluding carboxylic acids is 3. The molecule has 0 bridgehead atoms. The Balaban J connectivity index is 1.16. The molecule has 13 heteroatoms. The maximum Gasteiger partial charge on any atom is 0.305 e. The molecule has 1 saturated heterocycles. The summed E-state index contributed by atoms with van der Waals surface area (Å²) in [5, 5.41) is 24.5. The number of anilines is 1. The van der Waals surface area contributed by atoms with Gasteiger partial charge in [0.25, 0.3) is 5.91 Å². The van der Waals surface area contributed by atoms with Crippen molar-refractivity contribution in [3.63, 3.8) is 0 Å². The van der Waals surface area contributed by atoms with Crippen molar-refractivity contribution in [3.8, 4) is 5.75 Å². The Morgan fingerprint density at radius 3 is 2.14 bits per heavy atom. The maximum atomic E-state index is 13.6. The molecule has 3 amide bonds. The van der Waals surface area contributed by atoms with Gasteiger partial charge >= 0.3 is 5.97 Å². The van der Waals surface area contributed by atoms with E-state index in [1.807, 2.05) is 30.3 Å². The fourth-order valence-corrected chi connectivity index (χ4v) is 6.82. The number of nitrogens with zero attached hydrogens (tertiary/aromatic N) is 1. The van der Waals surface area contributed by atoms with E-state index in [2.05, 4.69) is 10.6 Å². The first-order chi connectivity index (χ1) is 24.1. The van der Waals surface area contributed by atoms with E-state index in [-0.39, 0.29) is 24.6 Å². The molecule has 0 spiro atoms. The molecule has 50 heavy (non-hydrogen) atoms. The van der Waals surface area contributed by atoms with Crippen molar-refractivity contribution < 1.29 is 42.9 Å². The van der Waals surface area contributed by atoms with Crippen LogP contribution in [-0.4, -0.2) is 64.1 Å². The zero-order valence-corrected chi connectivity index (χ0v) is 27.5. The molecule has 4 aromatic carbocycles. The Morgan fingerprint density at radius 2 is 1.50 bits per heavy atom. The molecular formula is C37H35F2N3O7S. The van der Waals surface area contributed by atoms with Crippen LogP contribution in [0, 0.1) is 11.6 Å². The highest BCUT2D eigenvalue weighted by atomic mass is 32.2. The second kappa shape index (κ2) is 16.9. The summed E-state index contributed by atoms with van der Waals surface area (Å²) in [7, 11) is 0. The third-order valence-corrected chi connectivity index (χ3v) is 9.31. The first kappa shape index (κ1) is 36.0. The van der Waals surface area contributed by atoms with E-state index < -0.39 is 59.5 Å². The minimum Gasteiger partial charge on any atom is -0.484 e. The highest BCUT2D eigenvalue weighted by molar-refractivity contribution is 8.00. The highest BCUT2D eigenvalue weighted by Gasteiger charge is 2.49. The number of hydrogen-bond acceptors (Lipinski definition) is 7. The minimum atomic E-state index is -1.06. The Kier molecular flexibility index (Phi) is 12.2. The van der Waals surface area contributed by atoms with Gasteiger partial charge in [-0.25, -0.2) is 8.78 Å². The summed E-state index contributed by atoms with van der Waals surface area (Å²) in [4.78, 5) is 51.1. The number of ether oxygens (including phenoxy) is 1. The number of nitrogens with one attached hydrogen (secondary N) is 2. The summed E-state index contributed by atoms with van der Waals surface area (Å²) in [5.41, 5.74) is 2.63. The number of amides is 3. The molecule has 1 heterocycles. The molecule has 1 aliphatic heterocycles. The number of carbonyl (C=O) groups is 4. The van der Waals surface area contributed by atoms with Crippen LogP contribution in [0.1, 0.15) is 35.3 Å². The largest absolute Gasteiger partial charge is 0.484 e. The Hall–Kier alpha value is -5.27. The van der Waals surface area contributed by atoms with Gasteiger partial charge in [-0.15, -0.1) is 11.8 Å². The predicted octanol–water partition coefficient (Wildman–Crippen LogP) is 4.59. The van der Waals surface area contributed by atoms with Crippen molar-refractivity contribution in [2.75, 3.05) is 23.8 Å². The number of hydrogen-bond donors (Lipinski definition) is 4. The SMILES string of the molecule is O=C(O)C[C@@H](Cc1ccccc1)NC(=O)CNC(=O)COc1ccc([C@@H]2[C@@H](SCC(O)c3ccc(F)cc3)C(=O)N2c2ccc(F)cc2)cc1. The number of rotatable bonds is 16. The fourth-order valence-electron chi connectivity index (χ4n) is 5.52. The summed E-state index contributed by atoms with van der Waals surface area (Å²) >= 11 is 1.26. The number of halogens is 2. The zero-order valence-electron chi connectivity index (χ0n) is 26.7. The lowest BCUT2D eigenvalue weighted by Gasteiger charge is -2.47. The molecule has 260 valence electrons. The third kappa shape index (κ3) is 9.67. The Morgan fingerprint density at radius 1 is 0.860 bits per heavy atom. The summed E-state index contributed by atoms with van der Waals surface area (Å²) in [6.07, 6.45) is -0.885. The Labute approximate surface area is 291 Å². The van der Waals surface area contributed by atoms with Crippen LogP contribution in [-0.2, 0) is 25.6 Å². The second-order valence-electron chi connectivity index (χ2n) is 11.6. The van der Waals surface area contributed by atoms with Crippen LogP contribution in [0.4, 0.5) is 14.5 Å². The fraction of sp³-hybridized carbons (Fsp3) is 0.243. The van der Waals surface area contributed by atoms with Gasteiger partial charge in [-0.1, -0.05) is 54.6 Å². The first-order valence-corrected chi connectivity index (χ1v) is 16.8. The molecule has 1 fully saturated rings.